The van der Waals surface area contributed by atoms with Crippen molar-refractivity contribution in [2.24, 2.45) is 5.92 Å². The van der Waals surface area contributed by atoms with E-state index in [1.54, 1.807) is 0 Å². The number of thiazole rings is 1. The van der Waals surface area contributed by atoms with Gasteiger partial charge in [0.15, 0.2) is 5.13 Å². The Kier molecular flexibility index (Phi) is 3.57. The van der Waals surface area contributed by atoms with E-state index < -0.39 is 12.1 Å². The molecule has 1 saturated carbocycles. The normalized spacial score (nSPS) is 19.5. The molecule has 1 aromatic carbocycles. The van der Waals surface area contributed by atoms with Crippen molar-refractivity contribution in [3.63, 3.8) is 0 Å². The maximum Gasteiger partial charge on any atom is 0.232 e. The van der Waals surface area contributed by atoms with E-state index in [-0.39, 0.29) is 5.91 Å². The number of pyridine rings is 1. The number of fused-ring (bicyclic) bond motifs is 1. The van der Waals surface area contributed by atoms with Crippen LogP contribution in [0.25, 0.3) is 21.3 Å². The first-order chi connectivity index (χ1) is 11.5. The quantitative estimate of drug-likeness (QED) is 0.774. The molecule has 122 valence electrons. The van der Waals surface area contributed by atoms with Gasteiger partial charge >= 0.3 is 0 Å². The van der Waals surface area contributed by atoms with E-state index in [2.05, 4.69) is 28.3 Å². The molecule has 1 N–H and O–H groups in total. The minimum Gasteiger partial charge on any atom is -0.302 e. The van der Waals surface area contributed by atoms with Gasteiger partial charge in [-0.25, -0.2) is 9.37 Å². The zero-order valence-electron chi connectivity index (χ0n) is 13.3. The van der Waals surface area contributed by atoms with Crippen molar-refractivity contribution in [2.45, 2.75) is 26.4 Å². The van der Waals surface area contributed by atoms with Gasteiger partial charge in [-0.05, 0) is 49.6 Å². The molecule has 1 aliphatic rings. The number of halogens is 1. The predicted octanol–water partition coefficient (Wildman–Crippen LogP) is 4.27. The summed E-state index contributed by atoms with van der Waals surface area (Å²) in [5.74, 6) is -0.783. The van der Waals surface area contributed by atoms with E-state index >= 15 is 0 Å². The van der Waals surface area contributed by atoms with Gasteiger partial charge in [0.2, 0.25) is 5.91 Å². The number of benzene rings is 1. The summed E-state index contributed by atoms with van der Waals surface area (Å²) < 4.78 is 13.9. The first kappa shape index (κ1) is 15.2. The topological polar surface area (TPSA) is 54.9 Å². The molecule has 0 saturated heterocycles. The summed E-state index contributed by atoms with van der Waals surface area (Å²) in [7, 11) is 0. The average Bonchev–Trinajstić information content (AvgIpc) is 3.13. The second kappa shape index (κ2) is 5.63. The molecule has 4 rings (SSSR count). The summed E-state index contributed by atoms with van der Waals surface area (Å²) in [6.45, 7) is 4.06. The van der Waals surface area contributed by atoms with Crippen LogP contribution in [-0.4, -0.2) is 22.0 Å². The molecular formula is C18H16FN3OS. The van der Waals surface area contributed by atoms with Gasteiger partial charge in [-0.15, -0.1) is 0 Å². The summed E-state index contributed by atoms with van der Waals surface area (Å²) in [5.41, 5.74) is 5.18. The Morgan fingerprint density at radius 1 is 1.33 bits per heavy atom. The van der Waals surface area contributed by atoms with Gasteiger partial charge < -0.3 is 5.32 Å². The van der Waals surface area contributed by atoms with E-state index in [1.165, 1.54) is 16.9 Å². The highest BCUT2D eigenvalue weighted by atomic mass is 32.1. The second-order valence-electron chi connectivity index (χ2n) is 6.14. The van der Waals surface area contributed by atoms with Gasteiger partial charge in [0.25, 0.3) is 0 Å². The van der Waals surface area contributed by atoms with Crippen LogP contribution in [0.15, 0.2) is 30.5 Å². The lowest BCUT2D eigenvalue weighted by atomic mass is 10.00. The maximum atomic E-state index is 13.0. The number of carbonyl (C=O) groups is 1. The number of carbonyl (C=O) groups excluding carboxylic acids is 1. The highest BCUT2D eigenvalue weighted by molar-refractivity contribution is 7.22. The largest absolute Gasteiger partial charge is 0.302 e. The van der Waals surface area contributed by atoms with Crippen molar-refractivity contribution in [1.82, 2.24) is 9.97 Å². The number of rotatable bonds is 3. The third-order valence-electron chi connectivity index (χ3n) is 4.31. The third kappa shape index (κ3) is 2.67. The lowest BCUT2D eigenvalue weighted by Crippen LogP contribution is -2.14. The van der Waals surface area contributed by atoms with Gasteiger partial charge in [0, 0.05) is 17.5 Å². The molecule has 0 unspecified atom stereocenters. The predicted molar refractivity (Wildman–Crippen MR) is 94.0 cm³/mol. The van der Waals surface area contributed by atoms with Gasteiger partial charge in [-0.2, -0.15) is 0 Å². The molecule has 1 amide bonds. The van der Waals surface area contributed by atoms with Crippen LogP contribution >= 0.6 is 11.3 Å². The summed E-state index contributed by atoms with van der Waals surface area (Å²) in [6.07, 6.45) is 1.13. The monoisotopic (exact) mass is 341 g/mol. The number of nitrogens with one attached hydrogen (secondary N) is 1. The molecule has 3 aromatic rings. The van der Waals surface area contributed by atoms with Crippen LogP contribution in [0.5, 0.6) is 0 Å². The molecule has 6 heteroatoms. The molecule has 4 nitrogen and oxygen atoms in total. The van der Waals surface area contributed by atoms with E-state index in [1.807, 2.05) is 31.3 Å². The van der Waals surface area contributed by atoms with Crippen LogP contribution in [0.3, 0.4) is 0 Å². The van der Waals surface area contributed by atoms with E-state index in [0.717, 1.165) is 27.0 Å². The summed E-state index contributed by atoms with van der Waals surface area (Å²) >= 11 is 1.41. The third-order valence-corrected chi connectivity index (χ3v) is 5.24. The van der Waals surface area contributed by atoms with Gasteiger partial charge in [-0.3, -0.25) is 9.78 Å². The van der Waals surface area contributed by atoms with Crippen molar-refractivity contribution in [3.8, 4) is 11.1 Å². The Bertz CT molecular complexity index is 932. The van der Waals surface area contributed by atoms with Crippen molar-refractivity contribution in [2.75, 3.05) is 5.32 Å². The fourth-order valence-corrected chi connectivity index (χ4v) is 3.81. The van der Waals surface area contributed by atoms with Gasteiger partial charge in [0.1, 0.15) is 6.17 Å². The van der Waals surface area contributed by atoms with E-state index in [0.29, 0.717) is 11.6 Å². The van der Waals surface area contributed by atoms with Crippen LogP contribution in [0.2, 0.25) is 0 Å². The summed E-state index contributed by atoms with van der Waals surface area (Å²) in [5, 5.41) is 3.24. The molecule has 2 atom stereocenters. The lowest BCUT2D eigenvalue weighted by Gasteiger charge is -2.08. The van der Waals surface area contributed by atoms with E-state index in [9.17, 15) is 9.18 Å². The molecule has 24 heavy (non-hydrogen) atoms. The molecule has 0 radical (unpaired) electrons. The molecule has 1 fully saturated rings. The van der Waals surface area contributed by atoms with Crippen LogP contribution in [0.1, 0.15) is 17.7 Å². The number of aryl methyl sites for hydroxylation is 2. The van der Waals surface area contributed by atoms with Gasteiger partial charge in [0.05, 0.1) is 16.1 Å². The summed E-state index contributed by atoms with van der Waals surface area (Å²) in [6, 6.07) is 8.02. The zero-order valence-corrected chi connectivity index (χ0v) is 14.2. The van der Waals surface area contributed by atoms with Crippen molar-refractivity contribution >= 4 is 32.6 Å². The van der Waals surface area contributed by atoms with Crippen LogP contribution in [-0.2, 0) is 4.79 Å². The van der Waals surface area contributed by atoms with E-state index in [4.69, 9.17) is 0 Å². The number of aromatic nitrogens is 2. The number of hydrogen-bond acceptors (Lipinski definition) is 4. The number of alkyl halides is 1. The molecule has 0 spiro atoms. The fourth-order valence-electron chi connectivity index (χ4n) is 2.90. The molecule has 0 bridgehead atoms. The molecule has 0 aliphatic heterocycles. The number of anilines is 1. The van der Waals surface area contributed by atoms with Gasteiger partial charge in [-0.1, -0.05) is 17.4 Å². The minimum atomic E-state index is -0.998. The van der Waals surface area contributed by atoms with Crippen LogP contribution in [0, 0.1) is 19.8 Å². The number of hydrogen-bond donors (Lipinski definition) is 1. The molecular weight excluding hydrogens is 325 g/mol. The van der Waals surface area contributed by atoms with Crippen LogP contribution < -0.4 is 5.32 Å². The lowest BCUT2D eigenvalue weighted by molar-refractivity contribution is -0.117. The molecule has 1 aliphatic carbocycles. The molecule has 2 heterocycles. The Morgan fingerprint density at radius 2 is 2.12 bits per heavy atom. The fraction of sp³-hybridized carbons (Fsp3) is 0.278. The highest BCUT2D eigenvalue weighted by Gasteiger charge is 2.43. The average molecular weight is 341 g/mol. The zero-order chi connectivity index (χ0) is 16.8. The first-order valence-electron chi connectivity index (χ1n) is 7.81. The smallest absolute Gasteiger partial charge is 0.232 e. The Morgan fingerprint density at radius 3 is 2.83 bits per heavy atom. The second-order valence-corrected chi connectivity index (χ2v) is 7.17. The van der Waals surface area contributed by atoms with Crippen LogP contribution in [0.4, 0.5) is 9.52 Å². The Labute approximate surface area is 142 Å². The van der Waals surface area contributed by atoms with Crippen molar-refractivity contribution < 1.29 is 9.18 Å². The number of nitrogens with zero attached hydrogens (tertiary/aromatic N) is 2. The van der Waals surface area contributed by atoms with Crippen molar-refractivity contribution in [1.29, 1.82) is 0 Å². The standard InChI is InChI=1S/C18H16FN3OS/c1-9-5-6-20-10(2)16(9)11-3-4-14-15(7-11)24-18(21-14)22-17(23)12-8-13(12)19/h3-7,12-13H,8H2,1-2H3,(H,21,22,23)/t12-,13+/m1/s1. The Balaban J connectivity index is 1.67. The SMILES string of the molecule is Cc1ccnc(C)c1-c1ccc2nc(NC(=O)[C@@H]3C[C@@H]3F)sc2c1. The number of amides is 1. The maximum absolute atomic E-state index is 13.0. The highest BCUT2D eigenvalue weighted by Crippen LogP contribution is 2.36. The summed E-state index contributed by atoms with van der Waals surface area (Å²) in [4.78, 5) is 20.6. The first-order valence-corrected chi connectivity index (χ1v) is 8.62. The van der Waals surface area contributed by atoms with Crippen molar-refractivity contribution in [3.05, 3.63) is 41.7 Å². The minimum absolute atomic E-state index is 0.277. The molecule has 2 aromatic heterocycles. The Hall–Kier alpha value is -2.34.